The maximum atomic E-state index is 10.9. The van der Waals surface area contributed by atoms with Gasteiger partial charge < -0.3 is 15.0 Å². The third-order valence-electron chi connectivity index (χ3n) is 2.81. The van der Waals surface area contributed by atoms with E-state index in [1.54, 1.807) is 4.90 Å². The Hall–Kier alpha value is -0.540. The highest BCUT2D eigenvalue weighted by atomic mass is 32.2. The SMILES string of the molecule is CCN(CC)CCN(CCNCC=O)CS(=O)(=O)O. The van der Waals surface area contributed by atoms with Gasteiger partial charge in [0.15, 0.2) is 0 Å². The number of nitrogens with one attached hydrogen (secondary N) is 1. The van der Waals surface area contributed by atoms with Gasteiger partial charge in [-0.3, -0.25) is 9.45 Å². The second kappa shape index (κ2) is 10.3. The van der Waals surface area contributed by atoms with E-state index in [0.717, 1.165) is 25.9 Å². The molecule has 0 bridgehead atoms. The lowest BCUT2D eigenvalue weighted by molar-refractivity contribution is -0.107. The van der Waals surface area contributed by atoms with Crippen molar-refractivity contribution in [3.8, 4) is 0 Å². The lowest BCUT2D eigenvalue weighted by atomic mass is 10.4. The Kier molecular flexibility index (Phi) is 9.98. The molecule has 2 N–H and O–H groups in total. The van der Waals surface area contributed by atoms with Crippen LogP contribution in [-0.2, 0) is 14.9 Å². The van der Waals surface area contributed by atoms with Crippen molar-refractivity contribution in [2.24, 2.45) is 0 Å². The van der Waals surface area contributed by atoms with Crippen molar-refractivity contribution in [2.75, 3.05) is 51.7 Å². The van der Waals surface area contributed by atoms with Crippen LogP contribution < -0.4 is 5.32 Å². The van der Waals surface area contributed by atoms with Gasteiger partial charge in [-0.1, -0.05) is 13.8 Å². The van der Waals surface area contributed by atoms with Gasteiger partial charge in [-0.15, -0.1) is 0 Å². The van der Waals surface area contributed by atoms with Gasteiger partial charge in [-0.2, -0.15) is 8.42 Å². The van der Waals surface area contributed by atoms with E-state index in [2.05, 4.69) is 10.2 Å². The molecule has 0 fully saturated rings. The highest BCUT2D eigenvalue weighted by Gasteiger charge is 2.14. The molecular formula is C11H25N3O4S. The number of hydrogen-bond acceptors (Lipinski definition) is 6. The number of carbonyl (C=O) groups excluding carboxylic acids is 1. The molecule has 0 aliphatic rings. The second-order valence-electron chi connectivity index (χ2n) is 4.23. The Morgan fingerprint density at radius 2 is 1.68 bits per heavy atom. The topological polar surface area (TPSA) is 90.0 Å². The largest absolute Gasteiger partial charge is 0.309 e. The number of rotatable bonds is 12. The molecule has 0 heterocycles. The van der Waals surface area contributed by atoms with E-state index in [4.69, 9.17) is 4.55 Å². The van der Waals surface area contributed by atoms with E-state index >= 15 is 0 Å². The minimum absolute atomic E-state index is 0.246. The fourth-order valence-corrected chi connectivity index (χ4v) is 2.41. The first-order valence-corrected chi connectivity index (χ1v) is 8.08. The number of hydrogen-bond donors (Lipinski definition) is 2. The van der Waals surface area contributed by atoms with Crippen LogP contribution in [0.4, 0.5) is 0 Å². The lowest BCUT2D eigenvalue weighted by Crippen LogP contribution is -2.41. The second-order valence-corrected chi connectivity index (χ2v) is 5.65. The van der Waals surface area contributed by atoms with Crippen molar-refractivity contribution in [1.82, 2.24) is 15.1 Å². The predicted molar refractivity (Wildman–Crippen MR) is 74.7 cm³/mol. The average Bonchev–Trinajstić information content (AvgIpc) is 2.33. The van der Waals surface area contributed by atoms with Crippen LogP contribution >= 0.6 is 0 Å². The first kappa shape index (κ1) is 18.5. The molecule has 0 amide bonds. The molecule has 7 nitrogen and oxygen atoms in total. The summed E-state index contributed by atoms with van der Waals surface area (Å²) in [6.07, 6.45) is 0.753. The van der Waals surface area contributed by atoms with Gasteiger partial charge in [0, 0.05) is 26.2 Å². The van der Waals surface area contributed by atoms with E-state index in [1.165, 1.54) is 0 Å². The summed E-state index contributed by atoms with van der Waals surface area (Å²) in [6.45, 7) is 8.42. The summed E-state index contributed by atoms with van der Waals surface area (Å²) in [7, 11) is -4.02. The Morgan fingerprint density at radius 3 is 2.16 bits per heavy atom. The Balaban J connectivity index is 4.20. The van der Waals surface area contributed by atoms with Gasteiger partial charge in [-0.25, -0.2) is 0 Å². The zero-order chi connectivity index (χ0) is 14.7. The third-order valence-corrected chi connectivity index (χ3v) is 3.50. The maximum Gasteiger partial charge on any atom is 0.278 e. The summed E-state index contributed by atoms with van der Waals surface area (Å²) in [5, 5.41) is 2.87. The molecule has 0 rings (SSSR count). The van der Waals surface area contributed by atoms with Gasteiger partial charge in [0.25, 0.3) is 10.1 Å². The molecule has 0 radical (unpaired) electrons. The molecule has 0 aliphatic heterocycles. The zero-order valence-electron chi connectivity index (χ0n) is 11.7. The summed E-state index contributed by atoms with van der Waals surface area (Å²) in [6, 6.07) is 0. The quantitative estimate of drug-likeness (QED) is 0.278. The molecule has 0 aromatic heterocycles. The minimum atomic E-state index is -4.02. The van der Waals surface area contributed by atoms with Crippen molar-refractivity contribution in [3.05, 3.63) is 0 Å². The summed E-state index contributed by atoms with van der Waals surface area (Å²) >= 11 is 0. The first-order valence-electron chi connectivity index (χ1n) is 6.47. The molecule has 0 unspecified atom stereocenters. The fourth-order valence-electron chi connectivity index (χ4n) is 1.69. The Labute approximate surface area is 115 Å². The molecule has 0 saturated carbocycles. The van der Waals surface area contributed by atoms with E-state index in [-0.39, 0.29) is 12.4 Å². The average molecular weight is 295 g/mol. The van der Waals surface area contributed by atoms with Crippen molar-refractivity contribution in [1.29, 1.82) is 0 Å². The van der Waals surface area contributed by atoms with Crippen LogP contribution in [0.1, 0.15) is 13.8 Å². The summed E-state index contributed by atoms with van der Waals surface area (Å²) in [5.41, 5.74) is 0. The molecule has 0 saturated heterocycles. The lowest BCUT2D eigenvalue weighted by Gasteiger charge is -2.25. The van der Waals surface area contributed by atoms with E-state index < -0.39 is 10.1 Å². The molecule has 114 valence electrons. The fraction of sp³-hybridized carbons (Fsp3) is 0.909. The molecule has 0 aliphatic carbocycles. The number of aldehydes is 1. The van der Waals surface area contributed by atoms with Gasteiger partial charge in [-0.05, 0) is 13.1 Å². The molecule has 19 heavy (non-hydrogen) atoms. The van der Waals surface area contributed by atoms with Crippen molar-refractivity contribution >= 4 is 16.4 Å². The Morgan fingerprint density at radius 1 is 1.11 bits per heavy atom. The smallest absolute Gasteiger partial charge is 0.278 e. The van der Waals surface area contributed by atoms with Crippen molar-refractivity contribution in [2.45, 2.75) is 13.8 Å². The normalized spacial score (nSPS) is 12.3. The summed E-state index contributed by atoms with van der Waals surface area (Å²) in [5.74, 6) is -0.378. The molecule has 0 atom stereocenters. The van der Waals surface area contributed by atoms with Crippen LogP contribution in [0.15, 0.2) is 0 Å². The van der Waals surface area contributed by atoms with Crippen LogP contribution in [0.3, 0.4) is 0 Å². The van der Waals surface area contributed by atoms with Crippen LogP contribution in [-0.4, -0.2) is 80.7 Å². The standard InChI is InChI=1S/C11H25N3O4S/c1-3-13(4-2)8-9-14(11-19(16,17)18)7-5-12-6-10-15/h10,12H,3-9,11H2,1-2H3,(H,16,17,18). The highest BCUT2D eigenvalue weighted by Crippen LogP contribution is 1.95. The van der Waals surface area contributed by atoms with E-state index in [1.807, 2.05) is 13.8 Å². The number of likely N-dealkylation sites (N-methyl/N-ethyl adjacent to an activating group) is 1. The summed E-state index contributed by atoms with van der Waals surface area (Å²) < 4.78 is 30.8. The zero-order valence-corrected chi connectivity index (χ0v) is 12.5. The van der Waals surface area contributed by atoms with Crippen LogP contribution in [0.5, 0.6) is 0 Å². The van der Waals surface area contributed by atoms with Crippen LogP contribution in [0, 0.1) is 0 Å². The van der Waals surface area contributed by atoms with Gasteiger partial charge >= 0.3 is 0 Å². The van der Waals surface area contributed by atoms with Crippen LogP contribution in [0.2, 0.25) is 0 Å². The van der Waals surface area contributed by atoms with E-state index in [0.29, 0.717) is 19.6 Å². The summed E-state index contributed by atoms with van der Waals surface area (Å²) in [4.78, 5) is 14.0. The number of nitrogens with zero attached hydrogens (tertiary/aromatic N) is 2. The van der Waals surface area contributed by atoms with Gasteiger partial charge in [0.2, 0.25) is 0 Å². The van der Waals surface area contributed by atoms with Gasteiger partial charge in [0.1, 0.15) is 12.2 Å². The minimum Gasteiger partial charge on any atom is -0.309 e. The monoisotopic (exact) mass is 295 g/mol. The van der Waals surface area contributed by atoms with Crippen LogP contribution in [0.25, 0.3) is 0 Å². The maximum absolute atomic E-state index is 10.9. The van der Waals surface area contributed by atoms with E-state index in [9.17, 15) is 13.2 Å². The number of carbonyl (C=O) groups is 1. The predicted octanol–water partition coefficient (Wildman–Crippen LogP) is -0.736. The first-order chi connectivity index (χ1) is 8.92. The molecular weight excluding hydrogens is 270 g/mol. The molecule has 0 aromatic rings. The third kappa shape index (κ3) is 11.0. The molecule has 0 aromatic carbocycles. The van der Waals surface area contributed by atoms with Gasteiger partial charge in [0.05, 0.1) is 6.54 Å². The highest BCUT2D eigenvalue weighted by molar-refractivity contribution is 7.85. The van der Waals surface area contributed by atoms with Crippen molar-refractivity contribution < 1.29 is 17.8 Å². The molecule has 0 spiro atoms. The molecule has 8 heteroatoms. The van der Waals surface area contributed by atoms with Crippen molar-refractivity contribution in [3.63, 3.8) is 0 Å². The Bertz CT molecular complexity index is 331.